The fourth-order valence-electron chi connectivity index (χ4n) is 0. The Kier molecular flexibility index (Phi) is 5.96. The quantitative estimate of drug-likeness (QED) is 0.514. The van der Waals surface area contributed by atoms with E-state index >= 15 is 0 Å². The Morgan fingerprint density at radius 1 is 2.50 bits per heavy atom. The molecule has 0 N–H and O–H groups in total. The fraction of sp³-hybridized carbons (Fsp3) is 0. The molecule has 0 saturated heterocycles. The molecule has 4 heavy (non-hydrogen) atoms. The molecule has 4 heteroatoms. The molecule has 0 aliphatic rings. The zero-order chi connectivity index (χ0) is 4.28. The SMILES string of the molecule is [2H]I(P)PI. The van der Waals surface area contributed by atoms with Crippen LogP contribution in [0.4, 0.5) is 0 Å². The first-order chi connectivity index (χ1) is 2.27. The predicted molar refractivity (Wildman–Crippen MR) is 47.5 cm³/mol. The van der Waals surface area contributed by atoms with Gasteiger partial charge < -0.3 is 0 Å². The monoisotopic (exact) mass is 321 g/mol. The van der Waals surface area contributed by atoms with Gasteiger partial charge in [-0.15, -0.1) is 0 Å². The van der Waals surface area contributed by atoms with Gasteiger partial charge in [0.1, 0.15) is 0 Å². The predicted octanol–water partition coefficient (Wildman–Crippen LogP) is 2.42. The van der Waals surface area contributed by atoms with Crippen LogP contribution in [0.5, 0.6) is 0 Å². The van der Waals surface area contributed by atoms with E-state index in [0.717, 1.165) is 3.87 Å². The molecular formula is H4I2P2. The number of hydrogen-bond donors (Lipinski definition) is 0. The van der Waals surface area contributed by atoms with Gasteiger partial charge in [-0.1, -0.05) is 0 Å². The molecule has 0 bridgehead atoms. The summed E-state index contributed by atoms with van der Waals surface area (Å²) in [4.78, 5) is 0. The van der Waals surface area contributed by atoms with Crippen molar-refractivity contribution < 1.29 is 0 Å². The minimum absolute atomic E-state index is 0.870. The second kappa shape index (κ2) is 5.32. The van der Waals surface area contributed by atoms with Gasteiger partial charge in [0.15, 0.2) is 0 Å². The van der Waals surface area contributed by atoms with E-state index in [1.54, 1.807) is 0 Å². The molecule has 0 aliphatic heterocycles. The number of halogens is 2. The van der Waals surface area contributed by atoms with Crippen molar-refractivity contribution in [2.24, 2.45) is 0 Å². The van der Waals surface area contributed by atoms with Crippen LogP contribution in [0, 0.1) is 0 Å². The molecule has 0 fully saturated rings. The van der Waals surface area contributed by atoms with Gasteiger partial charge in [-0.05, 0) is 0 Å². The molecule has 2 unspecified atom stereocenters. The van der Waals surface area contributed by atoms with Crippen LogP contribution in [0.2, 0.25) is 0 Å². The van der Waals surface area contributed by atoms with Gasteiger partial charge in [0.05, 0.1) is 0 Å². The fourth-order valence-corrected chi connectivity index (χ4v) is 0. The summed E-state index contributed by atoms with van der Waals surface area (Å²) in [6.45, 7) is 2.56. The summed E-state index contributed by atoms with van der Waals surface area (Å²) < 4.78 is 7.82. The van der Waals surface area contributed by atoms with E-state index in [9.17, 15) is 0 Å². The second-order valence-corrected chi connectivity index (χ2v) is 16.2. The molecule has 28 valence electrons. The summed E-state index contributed by atoms with van der Waals surface area (Å²) in [5.41, 5.74) is 0. The van der Waals surface area contributed by atoms with Gasteiger partial charge in [0, 0.05) is 0 Å². The zero-order valence-electron chi connectivity index (χ0n) is 2.83. The maximum absolute atomic E-state index is 6.95. The van der Waals surface area contributed by atoms with Crippen molar-refractivity contribution in [3.05, 3.63) is 0 Å². The van der Waals surface area contributed by atoms with Crippen LogP contribution in [-0.4, -0.2) is 0.594 Å². The van der Waals surface area contributed by atoms with Gasteiger partial charge in [-0.25, -0.2) is 0 Å². The van der Waals surface area contributed by atoms with Crippen LogP contribution >= 0.6 is 52.7 Å². The molecule has 0 aromatic rings. The van der Waals surface area contributed by atoms with Crippen LogP contribution in [0.25, 0.3) is 0 Å². The molecule has 0 spiro atoms. The molecule has 0 aromatic heterocycles. The Balaban J connectivity index is 2.54. The average Bonchev–Trinajstić information content (AvgIpc) is 1.38. The van der Waals surface area contributed by atoms with Crippen molar-refractivity contribution in [1.82, 2.24) is 0 Å². The Bertz CT molecular complexity index is 21.6. The second-order valence-electron chi connectivity index (χ2n) is 0.181. The Morgan fingerprint density at radius 3 is 2.75 bits per heavy atom. The Morgan fingerprint density at radius 2 is 2.75 bits per heavy atom. The van der Waals surface area contributed by atoms with Crippen molar-refractivity contribution >= 4 is 52.7 Å². The Labute approximate surface area is 52.8 Å². The first kappa shape index (κ1) is 4.48. The molecule has 0 rings (SSSR count). The maximum atomic E-state index is 6.95. The molecular weight excluding hydrogens is 316 g/mol. The van der Waals surface area contributed by atoms with E-state index in [0.29, 0.717) is 0 Å². The first-order valence-electron chi connectivity index (χ1n) is 0.974. The third kappa shape index (κ3) is 4.32. The van der Waals surface area contributed by atoms with Crippen LogP contribution in [0.1, 0.15) is 0 Å². The summed E-state index contributed by atoms with van der Waals surface area (Å²) >= 11 is 1.17. The summed E-state index contributed by atoms with van der Waals surface area (Å²) in [7, 11) is 0. The van der Waals surface area contributed by atoms with E-state index in [4.69, 9.17) is 0.594 Å². The van der Waals surface area contributed by atoms with Crippen LogP contribution < -0.4 is 0 Å². The van der Waals surface area contributed by atoms with Gasteiger partial charge in [0.2, 0.25) is 0 Å². The summed E-state index contributed by atoms with van der Waals surface area (Å²) in [6.07, 6.45) is 0. The topological polar surface area (TPSA) is 0 Å². The van der Waals surface area contributed by atoms with Gasteiger partial charge in [0.25, 0.3) is 0 Å². The van der Waals surface area contributed by atoms with Crippen molar-refractivity contribution in [2.45, 2.75) is 0 Å². The van der Waals surface area contributed by atoms with Crippen molar-refractivity contribution in [3.8, 4) is 0 Å². The van der Waals surface area contributed by atoms with Crippen LogP contribution in [0.3, 0.4) is 0 Å². The molecule has 0 aromatic carbocycles. The average molecular weight is 321 g/mol. The molecule has 0 nitrogen and oxygen atoms in total. The summed E-state index contributed by atoms with van der Waals surface area (Å²) in [5.74, 6) is 0. The zero-order valence-corrected chi connectivity index (χ0v) is 8.30. The van der Waals surface area contributed by atoms with E-state index < -0.39 is 19.9 Å². The Hall–Kier alpha value is 2.32. The molecule has 2 atom stereocenters. The third-order valence-electron chi connectivity index (χ3n) is 0.0412. The van der Waals surface area contributed by atoms with Gasteiger partial charge in [-0.2, -0.15) is 0 Å². The van der Waals surface area contributed by atoms with Crippen LogP contribution in [0.15, 0.2) is 0 Å². The van der Waals surface area contributed by atoms with Gasteiger partial charge >= 0.3 is 53.3 Å². The van der Waals surface area contributed by atoms with E-state index in [1.165, 1.54) is 0 Å². The molecule has 0 heterocycles. The van der Waals surface area contributed by atoms with Crippen molar-refractivity contribution in [3.63, 3.8) is 0 Å². The minimum atomic E-state index is -1.10. The molecule has 0 aliphatic carbocycles. The first-order valence-corrected chi connectivity index (χ1v) is 12.0. The van der Waals surface area contributed by atoms with Crippen molar-refractivity contribution in [2.75, 3.05) is 0 Å². The van der Waals surface area contributed by atoms with Gasteiger partial charge in [-0.3, -0.25) is 0 Å². The van der Waals surface area contributed by atoms with Crippen LogP contribution in [-0.2, 0) is 0 Å². The number of hydrogen-bond acceptors (Lipinski definition) is 0. The molecule has 0 amide bonds. The normalized spacial score (nSPS) is 17.5. The standard InChI is InChI=1S/H4I2P2/c1-4-2-3/h2,4H,3H2/i2D. The van der Waals surface area contributed by atoms with E-state index in [-0.39, 0.29) is 0 Å². The van der Waals surface area contributed by atoms with E-state index in [1.807, 2.05) is 0 Å². The molecule has 0 radical (unpaired) electrons. The number of rotatable bonds is 1. The third-order valence-corrected chi connectivity index (χ3v) is 16.7. The van der Waals surface area contributed by atoms with Crippen molar-refractivity contribution in [1.29, 1.82) is 0.594 Å². The molecule has 0 saturated carbocycles. The van der Waals surface area contributed by atoms with E-state index in [2.05, 4.69) is 28.9 Å². The summed E-state index contributed by atoms with van der Waals surface area (Å²) in [5, 5.41) is 0. The summed E-state index contributed by atoms with van der Waals surface area (Å²) in [6, 6.07) is 0.